The van der Waals surface area contributed by atoms with Crippen LogP contribution in [0.2, 0.25) is 0 Å². The molecule has 0 radical (unpaired) electrons. The number of rotatable bonds is 2. The molecule has 2 heteroatoms. The molecule has 4 atom stereocenters. The van der Waals surface area contributed by atoms with E-state index >= 15 is 0 Å². The lowest BCUT2D eigenvalue weighted by Crippen LogP contribution is -2.47. The standard InChI is InChI=1S/C17H34N2/c1-4-16-10-11-19(13-15(3)12-18-16)17-7-5-6-14(2)8-9-17/h14-18H,4-13H2,1-3H3. The molecule has 2 fully saturated rings. The molecule has 0 bridgehead atoms. The molecule has 2 nitrogen and oxygen atoms in total. The van der Waals surface area contributed by atoms with E-state index in [1.807, 2.05) is 0 Å². The van der Waals surface area contributed by atoms with E-state index in [9.17, 15) is 0 Å². The Balaban J connectivity index is 1.92. The highest BCUT2D eigenvalue weighted by Crippen LogP contribution is 2.27. The number of nitrogens with one attached hydrogen (secondary N) is 1. The summed E-state index contributed by atoms with van der Waals surface area (Å²) in [5.74, 6) is 1.76. The average Bonchev–Trinajstić information content (AvgIpc) is 2.59. The summed E-state index contributed by atoms with van der Waals surface area (Å²) in [7, 11) is 0. The molecule has 1 saturated heterocycles. The summed E-state index contributed by atoms with van der Waals surface area (Å²) in [5.41, 5.74) is 0. The first kappa shape index (κ1) is 15.3. The first-order valence-corrected chi connectivity index (χ1v) is 8.66. The van der Waals surface area contributed by atoms with Crippen molar-refractivity contribution in [2.75, 3.05) is 19.6 Å². The van der Waals surface area contributed by atoms with Gasteiger partial charge in [0.15, 0.2) is 0 Å². The highest BCUT2D eigenvalue weighted by molar-refractivity contribution is 4.82. The van der Waals surface area contributed by atoms with Crippen LogP contribution in [0.4, 0.5) is 0 Å². The van der Waals surface area contributed by atoms with Crippen molar-refractivity contribution in [2.45, 2.75) is 77.8 Å². The van der Waals surface area contributed by atoms with Crippen molar-refractivity contribution in [3.05, 3.63) is 0 Å². The van der Waals surface area contributed by atoms with Gasteiger partial charge in [0.1, 0.15) is 0 Å². The van der Waals surface area contributed by atoms with Gasteiger partial charge >= 0.3 is 0 Å². The van der Waals surface area contributed by atoms with E-state index in [-0.39, 0.29) is 0 Å². The molecule has 1 aliphatic carbocycles. The second-order valence-corrected chi connectivity index (χ2v) is 7.17. The maximum atomic E-state index is 3.74. The van der Waals surface area contributed by atoms with E-state index in [1.165, 1.54) is 64.6 Å². The molecule has 0 amide bonds. The summed E-state index contributed by atoms with van der Waals surface area (Å²) in [6, 6.07) is 1.62. The maximum Gasteiger partial charge on any atom is 0.00954 e. The van der Waals surface area contributed by atoms with Crippen molar-refractivity contribution in [1.82, 2.24) is 10.2 Å². The van der Waals surface area contributed by atoms with E-state index in [0.29, 0.717) is 0 Å². The Labute approximate surface area is 120 Å². The van der Waals surface area contributed by atoms with Gasteiger partial charge in [0, 0.05) is 18.6 Å². The van der Waals surface area contributed by atoms with Crippen LogP contribution in [0, 0.1) is 11.8 Å². The monoisotopic (exact) mass is 266 g/mol. The Morgan fingerprint density at radius 2 is 1.84 bits per heavy atom. The molecule has 1 N–H and O–H groups in total. The van der Waals surface area contributed by atoms with Crippen LogP contribution in [0.15, 0.2) is 0 Å². The highest BCUT2D eigenvalue weighted by atomic mass is 15.2. The third-order valence-corrected chi connectivity index (χ3v) is 5.30. The Hall–Kier alpha value is -0.0800. The predicted molar refractivity (Wildman–Crippen MR) is 83.5 cm³/mol. The molecule has 1 aliphatic heterocycles. The first-order chi connectivity index (χ1) is 9.19. The van der Waals surface area contributed by atoms with Gasteiger partial charge in [-0.15, -0.1) is 0 Å². The zero-order valence-electron chi connectivity index (χ0n) is 13.3. The summed E-state index contributed by atoms with van der Waals surface area (Å²) >= 11 is 0. The SMILES string of the molecule is CCC1CCN(C2CCCC(C)CC2)CC(C)CN1. The minimum absolute atomic E-state index is 0.745. The third kappa shape index (κ3) is 4.75. The van der Waals surface area contributed by atoms with Gasteiger partial charge in [-0.2, -0.15) is 0 Å². The normalized spacial score (nSPS) is 39.3. The summed E-state index contributed by atoms with van der Waals surface area (Å²) in [4.78, 5) is 2.84. The molecule has 4 unspecified atom stereocenters. The number of hydrogen-bond acceptors (Lipinski definition) is 2. The lowest BCUT2D eigenvalue weighted by molar-refractivity contribution is 0.132. The fourth-order valence-corrected chi connectivity index (χ4v) is 3.86. The Bertz CT molecular complexity index is 254. The van der Waals surface area contributed by atoms with E-state index in [2.05, 4.69) is 31.0 Å². The van der Waals surface area contributed by atoms with E-state index < -0.39 is 0 Å². The summed E-state index contributed by atoms with van der Waals surface area (Å²) in [6.07, 6.45) is 9.87. The van der Waals surface area contributed by atoms with Crippen LogP contribution in [0.3, 0.4) is 0 Å². The molecule has 0 aromatic carbocycles. The van der Waals surface area contributed by atoms with E-state index in [0.717, 1.165) is 23.9 Å². The highest BCUT2D eigenvalue weighted by Gasteiger charge is 2.25. The molecular formula is C17H34N2. The molecule has 112 valence electrons. The smallest absolute Gasteiger partial charge is 0.00954 e. The van der Waals surface area contributed by atoms with Gasteiger partial charge in [0.2, 0.25) is 0 Å². The molecule has 2 aliphatic rings. The van der Waals surface area contributed by atoms with Crippen LogP contribution >= 0.6 is 0 Å². The molecule has 0 spiro atoms. The largest absolute Gasteiger partial charge is 0.314 e. The molecule has 0 aromatic heterocycles. The van der Waals surface area contributed by atoms with Crippen molar-refractivity contribution in [3.8, 4) is 0 Å². The maximum absolute atomic E-state index is 3.74. The Morgan fingerprint density at radius 3 is 2.63 bits per heavy atom. The van der Waals surface area contributed by atoms with Gasteiger partial charge in [-0.05, 0) is 57.0 Å². The van der Waals surface area contributed by atoms with Crippen LogP contribution in [0.5, 0.6) is 0 Å². The molecule has 0 aromatic rings. The second-order valence-electron chi connectivity index (χ2n) is 7.17. The average molecular weight is 266 g/mol. The van der Waals surface area contributed by atoms with E-state index in [1.54, 1.807) is 0 Å². The first-order valence-electron chi connectivity index (χ1n) is 8.66. The fraction of sp³-hybridized carbons (Fsp3) is 1.00. The third-order valence-electron chi connectivity index (χ3n) is 5.30. The number of nitrogens with zero attached hydrogens (tertiary/aromatic N) is 1. The molecular weight excluding hydrogens is 232 g/mol. The van der Waals surface area contributed by atoms with Gasteiger partial charge in [-0.3, -0.25) is 0 Å². The molecule has 1 saturated carbocycles. The fourth-order valence-electron chi connectivity index (χ4n) is 3.86. The quantitative estimate of drug-likeness (QED) is 0.767. The van der Waals surface area contributed by atoms with Crippen molar-refractivity contribution >= 4 is 0 Å². The van der Waals surface area contributed by atoms with Crippen LogP contribution in [0.1, 0.15) is 65.7 Å². The molecule has 19 heavy (non-hydrogen) atoms. The van der Waals surface area contributed by atoms with Crippen molar-refractivity contribution in [1.29, 1.82) is 0 Å². The minimum Gasteiger partial charge on any atom is -0.314 e. The van der Waals surface area contributed by atoms with Gasteiger partial charge in [-0.1, -0.05) is 33.6 Å². The van der Waals surface area contributed by atoms with Crippen molar-refractivity contribution in [2.24, 2.45) is 11.8 Å². The van der Waals surface area contributed by atoms with E-state index in [4.69, 9.17) is 0 Å². The topological polar surface area (TPSA) is 15.3 Å². The van der Waals surface area contributed by atoms with Crippen molar-refractivity contribution in [3.63, 3.8) is 0 Å². The Kier molecular flexibility index (Phi) is 6.15. The number of hydrogen-bond donors (Lipinski definition) is 1. The summed E-state index contributed by atoms with van der Waals surface area (Å²) < 4.78 is 0. The van der Waals surface area contributed by atoms with Gasteiger partial charge < -0.3 is 10.2 Å². The molecule has 2 rings (SSSR count). The lowest BCUT2D eigenvalue weighted by atomic mass is 9.99. The van der Waals surface area contributed by atoms with Crippen LogP contribution in [-0.2, 0) is 0 Å². The van der Waals surface area contributed by atoms with Gasteiger partial charge in [0.25, 0.3) is 0 Å². The predicted octanol–water partition coefficient (Wildman–Crippen LogP) is 3.67. The van der Waals surface area contributed by atoms with Crippen LogP contribution < -0.4 is 5.32 Å². The summed E-state index contributed by atoms with van der Waals surface area (Å²) in [5, 5.41) is 3.74. The zero-order valence-corrected chi connectivity index (χ0v) is 13.3. The lowest BCUT2D eigenvalue weighted by Gasteiger charge is -2.37. The van der Waals surface area contributed by atoms with Gasteiger partial charge in [0.05, 0.1) is 0 Å². The molecule has 1 heterocycles. The van der Waals surface area contributed by atoms with Crippen molar-refractivity contribution < 1.29 is 0 Å². The zero-order chi connectivity index (χ0) is 13.7. The second kappa shape index (κ2) is 7.64. The summed E-state index contributed by atoms with van der Waals surface area (Å²) in [6.45, 7) is 11.0. The van der Waals surface area contributed by atoms with Crippen LogP contribution in [0.25, 0.3) is 0 Å². The Morgan fingerprint density at radius 1 is 1.00 bits per heavy atom. The minimum atomic E-state index is 0.745. The van der Waals surface area contributed by atoms with Gasteiger partial charge in [-0.25, -0.2) is 0 Å². The van der Waals surface area contributed by atoms with Crippen LogP contribution in [-0.4, -0.2) is 36.6 Å².